The summed E-state index contributed by atoms with van der Waals surface area (Å²) in [5.41, 5.74) is 4.02. The zero-order chi connectivity index (χ0) is 27.5. The van der Waals surface area contributed by atoms with Gasteiger partial charge in [-0.3, -0.25) is 0 Å². The molecule has 0 fully saturated rings. The standard InChI is InChI=1S/C31H30N2O4S2/c1-36-30-21-28(34)9-7-26(30)5-3-24-11-15-32(16-12-24)19-20-38-39-23-33-17-13-25(14-18-33)4-6-27-8-10-29(35)22-31(27)37-2/h3-18,21-22H,19-20,23H2,1-2H3/p+2. The van der Waals surface area contributed by atoms with E-state index in [0.717, 1.165) is 40.4 Å². The van der Waals surface area contributed by atoms with Crippen molar-refractivity contribution in [1.82, 2.24) is 0 Å². The molecular formula is C31H32N2O4S2+2. The van der Waals surface area contributed by atoms with E-state index < -0.39 is 0 Å². The molecule has 8 heteroatoms. The lowest BCUT2D eigenvalue weighted by molar-refractivity contribution is -0.692. The predicted molar refractivity (Wildman–Crippen MR) is 160 cm³/mol. The van der Waals surface area contributed by atoms with Gasteiger partial charge in [0.25, 0.3) is 0 Å². The highest BCUT2D eigenvalue weighted by Crippen LogP contribution is 2.26. The number of aryl methyl sites for hydroxylation is 1. The lowest BCUT2D eigenvalue weighted by atomic mass is 10.1. The monoisotopic (exact) mass is 560 g/mol. The van der Waals surface area contributed by atoms with Gasteiger partial charge in [0.2, 0.25) is 5.88 Å². The number of pyridine rings is 2. The van der Waals surface area contributed by atoms with Crippen molar-refractivity contribution in [2.75, 3.05) is 20.0 Å². The Labute approximate surface area is 237 Å². The van der Waals surface area contributed by atoms with E-state index in [1.165, 1.54) is 0 Å². The van der Waals surface area contributed by atoms with Crippen LogP contribution in [0.2, 0.25) is 0 Å². The van der Waals surface area contributed by atoms with Crippen molar-refractivity contribution in [3.8, 4) is 23.0 Å². The van der Waals surface area contributed by atoms with Crippen molar-refractivity contribution < 1.29 is 28.8 Å². The Balaban J connectivity index is 1.19. The van der Waals surface area contributed by atoms with Crippen LogP contribution in [0.1, 0.15) is 22.3 Å². The Morgan fingerprint density at radius 3 is 1.62 bits per heavy atom. The van der Waals surface area contributed by atoms with Gasteiger partial charge in [-0.2, -0.15) is 4.57 Å². The number of phenols is 2. The van der Waals surface area contributed by atoms with Crippen LogP contribution in [0.3, 0.4) is 0 Å². The lowest BCUT2D eigenvalue weighted by Gasteiger charge is -2.05. The second-order valence-electron chi connectivity index (χ2n) is 8.60. The zero-order valence-corrected chi connectivity index (χ0v) is 23.6. The molecule has 0 amide bonds. The molecule has 2 N–H and O–H groups in total. The zero-order valence-electron chi connectivity index (χ0n) is 21.9. The topological polar surface area (TPSA) is 66.7 Å². The maximum Gasteiger partial charge on any atom is 0.204 e. The van der Waals surface area contributed by atoms with Gasteiger partial charge in [-0.15, -0.1) is 0 Å². The van der Waals surface area contributed by atoms with Crippen LogP contribution in [0.5, 0.6) is 23.0 Å². The highest BCUT2D eigenvalue weighted by atomic mass is 33.1. The van der Waals surface area contributed by atoms with Crippen LogP contribution in [0.25, 0.3) is 24.3 Å². The number of hydrogen-bond acceptors (Lipinski definition) is 6. The molecule has 0 aliphatic carbocycles. The van der Waals surface area contributed by atoms with Crippen LogP contribution < -0.4 is 18.6 Å². The average Bonchev–Trinajstić information content (AvgIpc) is 2.96. The Morgan fingerprint density at radius 2 is 1.13 bits per heavy atom. The molecule has 0 spiro atoms. The van der Waals surface area contributed by atoms with Crippen LogP contribution in [0.15, 0.2) is 85.5 Å². The molecule has 2 heterocycles. The fourth-order valence-electron chi connectivity index (χ4n) is 3.74. The highest BCUT2D eigenvalue weighted by Gasteiger charge is 2.06. The van der Waals surface area contributed by atoms with E-state index >= 15 is 0 Å². The molecule has 0 saturated heterocycles. The van der Waals surface area contributed by atoms with Crippen molar-refractivity contribution in [2.45, 2.75) is 12.4 Å². The largest absolute Gasteiger partial charge is 0.508 e. The summed E-state index contributed by atoms with van der Waals surface area (Å²) in [6.45, 7) is 0.933. The minimum absolute atomic E-state index is 0.189. The molecule has 2 aromatic heterocycles. The third kappa shape index (κ3) is 8.56. The fraction of sp³-hybridized carbons (Fsp3) is 0.161. The van der Waals surface area contributed by atoms with E-state index in [0.29, 0.717) is 11.5 Å². The quantitative estimate of drug-likeness (QED) is 0.125. The van der Waals surface area contributed by atoms with Gasteiger partial charge >= 0.3 is 0 Å². The number of benzene rings is 2. The maximum absolute atomic E-state index is 9.61. The molecule has 0 radical (unpaired) electrons. The summed E-state index contributed by atoms with van der Waals surface area (Å²) in [6.07, 6.45) is 16.4. The smallest absolute Gasteiger partial charge is 0.204 e. The van der Waals surface area contributed by atoms with E-state index in [9.17, 15) is 10.2 Å². The number of phenolic OH excluding ortho intramolecular Hbond substituents is 2. The first kappa shape index (κ1) is 28.1. The lowest BCUT2D eigenvalue weighted by Crippen LogP contribution is -2.34. The molecule has 0 atom stereocenters. The van der Waals surface area contributed by atoms with Gasteiger partial charge in [-0.1, -0.05) is 35.1 Å². The third-order valence-corrected chi connectivity index (χ3v) is 8.13. The first-order valence-corrected chi connectivity index (χ1v) is 14.9. The second kappa shape index (κ2) is 14.3. The Hall–Kier alpha value is -3.88. The molecule has 0 aliphatic heterocycles. The molecule has 2 aromatic carbocycles. The minimum atomic E-state index is 0.189. The number of aromatic hydroxyl groups is 2. The predicted octanol–water partition coefficient (Wildman–Crippen LogP) is 6.07. The fourth-order valence-corrected chi connectivity index (χ4v) is 5.68. The Morgan fingerprint density at radius 1 is 0.641 bits per heavy atom. The van der Waals surface area contributed by atoms with Gasteiger partial charge in [0.1, 0.15) is 23.0 Å². The minimum Gasteiger partial charge on any atom is -0.508 e. The van der Waals surface area contributed by atoms with Gasteiger partial charge < -0.3 is 19.7 Å². The maximum atomic E-state index is 9.61. The molecule has 0 bridgehead atoms. The SMILES string of the molecule is COc1cc(O)ccc1/C=C/c1cc[n+](CCSSC[n+]2ccc(/C=C/c3ccc(O)cc3OC)cc2)cc1. The van der Waals surface area contributed by atoms with Crippen LogP contribution in [-0.2, 0) is 12.4 Å². The first-order valence-electron chi connectivity index (χ1n) is 12.4. The van der Waals surface area contributed by atoms with E-state index in [1.54, 1.807) is 38.5 Å². The summed E-state index contributed by atoms with van der Waals surface area (Å²) in [4.78, 5) is 0. The molecule has 39 heavy (non-hydrogen) atoms. The number of nitrogens with zero attached hydrogens (tertiary/aromatic N) is 2. The summed E-state index contributed by atoms with van der Waals surface area (Å²) in [6, 6.07) is 18.5. The van der Waals surface area contributed by atoms with Crippen molar-refractivity contribution >= 4 is 45.9 Å². The van der Waals surface area contributed by atoms with Crippen molar-refractivity contribution in [3.63, 3.8) is 0 Å². The first-order chi connectivity index (χ1) is 19.0. The van der Waals surface area contributed by atoms with Crippen LogP contribution >= 0.6 is 21.6 Å². The normalized spacial score (nSPS) is 11.3. The number of methoxy groups -OCH3 is 2. The molecule has 4 aromatic rings. The molecular weight excluding hydrogens is 528 g/mol. The Kier molecular flexibility index (Phi) is 10.3. The summed E-state index contributed by atoms with van der Waals surface area (Å²) in [7, 11) is 6.88. The van der Waals surface area contributed by atoms with E-state index in [1.807, 2.05) is 58.0 Å². The van der Waals surface area contributed by atoms with E-state index in [-0.39, 0.29) is 11.5 Å². The summed E-state index contributed by atoms with van der Waals surface area (Å²) >= 11 is 0. The molecule has 0 unspecified atom stereocenters. The van der Waals surface area contributed by atoms with Crippen molar-refractivity contribution in [2.24, 2.45) is 0 Å². The molecule has 200 valence electrons. The molecule has 4 rings (SSSR count). The van der Waals surface area contributed by atoms with Gasteiger partial charge in [-0.25, -0.2) is 4.57 Å². The van der Waals surface area contributed by atoms with Gasteiger partial charge in [0.05, 0.1) is 20.0 Å². The van der Waals surface area contributed by atoms with E-state index in [4.69, 9.17) is 9.47 Å². The summed E-state index contributed by atoms with van der Waals surface area (Å²) < 4.78 is 15.0. The molecule has 0 saturated carbocycles. The number of hydrogen-bond donors (Lipinski definition) is 2. The third-order valence-electron chi connectivity index (χ3n) is 5.90. The van der Waals surface area contributed by atoms with Gasteiger partial charge in [0, 0.05) is 47.5 Å². The molecule has 0 aliphatic rings. The number of ether oxygens (including phenoxy) is 2. The second-order valence-corrected chi connectivity index (χ2v) is 11.2. The van der Waals surface area contributed by atoms with Crippen LogP contribution in [0, 0.1) is 0 Å². The van der Waals surface area contributed by atoms with Crippen LogP contribution in [-0.4, -0.2) is 30.2 Å². The average molecular weight is 561 g/mol. The van der Waals surface area contributed by atoms with Crippen molar-refractivity contribution in [3.05, 3.63) is 108 Å². The number of rotatable bonds is 12. The Bertz CT molecular complexity index is 1310. The summed E-state index contributed by atoms with van der Waals surface area (Å²) in [5.74, 6) is 3.54. The van der Waals surface area contributed by atoms with Crippen LogP contribution in [0.4, 0.5) is 0 Å². The van der Waals surface area contributed by atoms with Crippen molar-refractivity contribution in [1.29, 1.82) is 0 Å². The van der Waals surface area contributed by atoms with Gasteiger partial charge in [-0.05, 0) is 46.2 Å². The van der Waals surface area contributed by atoms with Gasteiger partial charge in [0.15, 0.2) is 31.3 Å². The highest BCUT2D eigenvalue weighted by molar-refractivity contribution is 8.76. The number of aromatic nitrogens is 2. The molecule has 6 nitrogen and oxygen atoms in total. The van der Waals surface area contributed by atoms with E-state index in [2.05, 4.69) is 58.2 Å². The summed E-state index contributed by atoms with van der Waals surface area (Å²) in [5, 5.41) is 19.2.